The molecule has 2 heterocycles. The molecule has 2 fully saturated rings. The first-order chi connectivity index (χ1) is 6.61. The van der Waals surface area contributed by atoms with Gasteiger partial charge in [0, 0.05) is 11.8 Å². The average Bonchev–Trinajstić information content (AvgIpc) is 2.59. The van der Waals surface area contributed by atoms with E-state index in [-0.39, 0.29) is 0 Å². The molecule has 0 aromatic heterocycles. The molecule has 0 spiro atoms. The Labute approximate surface area is 87.0 Å². The number of rotatable bonds is 2. The Bertz CT molecular complexity index is 178. The second-order valence-electron chi connectivity index (χ2n) is 5.41. The van der Waals surface area contributed by atoms with Crippen molar-refractivity contribution in [1.29, 1.82) is 0 Å². The van der Waals surface area contributed by atoms with Crippen molar-refractivity contribution in [2.24, 2.45) is 23.7 Å². The topological polar surface area (TPSA) is 18.5 Å². The quantitative estimate of drug-likeness (QED) is 0.678. The van der Waals surface area contributed by atoms with Gasteiger partial charge in [-0.1, -0.05) is 27.7 Å². The van der Waals surface area contributed by atoms with Crippen molar-refractivity contribution < 1.29 is 9.47 Å². The van der Waals surface area contributed by atoms with Gasteiger partial charge in [-0.2, -0.15) is 0 Å². The van der Waals surface area contributed by atoms with Crippen LogP contribution in [0.5, 0.6) is 0 Å². The van der Waals surface area contributed by atoms with Gasteiger partial charge in [0.1, 0.15) is 0 Å². The molecule has 2 heteroatoms. The van der Waals surface area contributed by atoms with E-state index in [2.05, 4.69) is 27.7 Å². The van der Waals surface area contributed by atoms with Crippen molar-refractivity contribution in [3.8, 4) is 0 Å². The van der Waals surface area contributed by atoms with E-state index in [0.29, 0.717) is 35.9 Å². The number of ether oxygens (including phenoxy) is 2. The van der Waals surface area contributed by atoms with E-state index < -0.39 is 0 Å². The van der Waals surface area contributed by atoms with Crippen LogP contribution in [0.1, 0.15) is 27.7 Å². The van der Waals surface area contributed by atoms with Crippen LogP contribution < -0.4 is 0 Å². The molecule has 2 aliphatic rings. The highest BCUT2D eigenvalue weighted by molar-refractivity contribution is 4.95. The van der Waals surface area contributed by atoms with Crippen LogP contribution in [0.4, 0.5) is 0 Å². The van der Waals surface area contributed by atoms with E-state index in [4.69, 9.17) is 9.47 Å². The fraction of sp³-hybridized carbons (Fsp3) is 1.00. The Morgan fingerprint density at radius 1 is 0.786 bits per heavy atom. The molecule has 2 saturated heterocycles. The zero-order valence-corrected chi connectivity index (χ0v) is 9.69. The minimum Gasteiger partial charge on any atom is -0.375 e. The zero-order chi connectivity index (χ0) is 10.3. The molecule has 2 aliphatic heterocycles. The van der Waals surface area contributed by atoms with Gasteiger partial charge >= 0.3 is 0 Å². The molecular formula is C12H22O2. The number of fused-ring (bicyclic) bond motifs is 1. The van der Waals surface area contributed by atoms with Crippen LogP contribution in [-0.2, 0) is 9.47 Å². The van der Waals surface area contributed by atoms with E-state index in [1.54, 1.807) is 0 Å². The van der Waals surface area contributed by atoms with Crippen LogP contribution in [-0.4, -0.2) is 25.4 Å². The van der Waals surface area contributed by atoms with Crippen LogP contribution >= 0.6 is 0 Å². The van der Waals surface area contributed by atoms with Crippen molar-refractivity contribution in [3.63, 3.8) is 0 Å². The maximum Gasteiger partial charge on any atom is 0.0893 e. The molecule has 14 heavy (non-hydrogen) atoms. The normalized spacial score (nSPS) is 42.4. The Kier molecular flexibility index (Phi) is 2.85. The van der Waals surface area contributed by atoms with Crippen molar-refractivity contribution in [3.05, 3.63) is 0 Å². The molecule has 0 bridgehead atoms. The van der Waals surface area contributed by atoms with Gasteiger partial charge in [-0.3, -0.25) is 0 Å². The summed E-state index contributed by atoms with van der Waals surface area (Å²) in [6, 6.07) is 0. The summed E-state index contributed by atoms with van der Waals surface area (Å²) in [5, 5.41) is 0. The Morgan fingerprint density at radius 2 is 1.14 bits per heavy atom. The SMILES string of the molecule is CC(C)C1CO[C@@H]2[C@@H](C(C)C)CO[C@H]12. The van der Waals surface area contributed by atoms with E-state index >= 15 is 0 Å². The molecular weight excluding hydrogens is 176 g/mol. The van der Waals surface area contributed by atoms with Gasteiger partial charge in [0.25, 0.3) is 0 Å². The van der Waals surface area contributed by atoms with Gasteiger partial charge in [-0.05, 0) is 11.8 Å². The standard InChI is InChI=1S/C12H22O2/c1-7(2)9-5-13-12-10(8(3)4)6-14-11(9)12/h7-12H,5-6H2,1-4H3/t9-,10?,11-,12-/m1/s1. The number of hydrogen-bond acceptors (Lipinski definition) is 2. The number of hydrogen-bond donors (Lipinski definition) is 0. The lowest BCUT2D eigenvalue weighted by Crippen LogP contribution is -2.30. The fourth-order valence-electron chi connectivity index (χ4n) is 2.70. The van der Waals surface area contributed by atoms with Gasteiger partial charge in [0.2, 0.25) is 0 Å². The Balaban J connectivity index is 2.04. The van der Waals surface area contributed by atoms with Gasteiger partial charge in [0.05, 0.1) is 25.4 Å². The molecule has 0 aromatic carbocycles. The maximum absolute atomic E-state index is 5.90. The Hall–Kier alpha value is -0.0800. The summed E-state index contributed by atoms with van der Waals surface area (Å²) < 4.78 is 11.8. The first-order valence-corrected chi connectivity index (χ1v) is 5.84. The molecule has 1 unspecified atom stereocenters. The van der Waals surface area contributed by atoms with Crippen LogP contribution in [0.15, 0.2) is 0 Å². The lowest BCUT2D eigenvalue weighted by molar-refractivity contribution is 0.0537. The second kappa shape index (κ2) is 3.82. The van der Waals surface area contributed by atoms with Gasteiger partial charge in [-0.25, -0.2) is 0 Å². The summed E-state index contributed by atoms with van der Waals surface area (Å²) in [7, 11) is 0. The third-order valence-electron chi connectivity index (χ3n) is 3.84. The van der Waals surface area contributed by atoms with E-state index in [1.807, 2.05) is 0 Å². The minimum absolute atomic E-state index is 0.377. The van der Waals surface area contributed by atoms with Crippen molar-refractivity contribution in [1.82, 2.24) is 0 Å². The third kappa shape index (κ3) is 1.59. The van der Waals surface area contributed by atoms with Crippen LogP contribution in [0, 0.1) is 23.7 Å². The van der Waals surface area contributed by atoms with E-state index in [1.165, 1.54) is 0 Å². The summed E-state index contributed by atoms with van der Waals surface area (Å²) in [5.41, 5.74) is 0. The first kappa shape index (κ1) is 10.4. The minimum atomic E-state index is 0.377. The predicted octanol–water partition coefficient (Wildman–Crippen LogP) is 2.33. The average molecular weight is 198 g/mol. The largest absolute Gasteiger partial charge is 0.375 e. The molecule has 0 aliphatic carbocycles. The van der Waals surface area contributed by atoms with Crippen LogP contribution in [0.3, 0.4) is 0 Å². The predicted molar refractivity (Wildman–Crippen MR) is 56.1 cm³/mol. The summed E-state index contributed by atoms with van der Waals surface area (Å²) >= 11 is 0. The molecule has 2 nitrogen and oxygen atoms in total. The van der Waals surface area contributed by atoms with Gasteiger partial charge in [-0.15, -0.1) is 0 Å². The van der Waals surface area contributed by atoms with Crippen molar-refractivity contribution in [2.45, 2.75) is 39.9 Å². The lowest BCUT2D eigenvalue weighted by Gasteiger charge is -2.20. The lowest BCUT2D eigenvalue weighted by atomic mass is 9.85. The summed E-state index contributed by atoms with van der Waals surface area (Å²) in [6.07, 6.45) is 0.754. The highest BCUT2D eigenvalue weighted by atomic mass is 16.6. The van der Waals surface area contributed by atoms with Crippen molar-refractivity contribution >= 4 is 0 Å². The molecule has 0 amide bonds. The molecule has 0 saturated carbocycles. The highest BCUT2D eigenvalue weighted by Crippen LogP contribution is 2.40. The summed E-state index contributed by atoms with van der Waals surface area (Å²) in [4.78, 5) is 0. The van der Waals surface area contributed by atoms with Crippen LogP contribution in [0.25, 0.3) is 0 Å². The fourth-order valence-corrected chi connectivity index (χ4v) is 2.70. The molecule has 0 radical (unpaired) electrons. The summed E-state index contributed by atoms with van der Waals surface area (Å²) in [5.74, 6) is 2.58. The van der Waals surface area contributed by atoms with Crippen LogP contribution in [0.2, 0.25) is 0 Å². The molecule has 2 rings (SSSR count). The second-order valence-corrected chi connectivity index (χ2v) is 5.41. The maximum atomic E-state index is 5.90. The highest BCUT2D eigenvalue weighted by Gasteiger charge is 2.48. The van der Waals surface area contributed by atoms with Crippen molar-refractivity contribution in [2.75, 3.05) is 13.2 Å². The zero-order valence-electron chi connectivity index (χ0n) is 9.69. The monoisotopic (exact) mass is 198 g/mol. The van der Waals surface area contributed by atoms with Gasteiger partial charge in [0.15, 0.2) is 0 Å². The molecule has 0 aromatic rings. The molecule has 4 atom stereocenters. The van der Waals surface area contributed by atoms with Gasteiger partial charge < -0.3 is 9.47 Å². The Morgan fingerprint density at radius 3 is 1.43 bits per heavy atom. The van der Waals surface area contributed by atoms with E-state index in [9.17, 15) is 0 Å². The first-order valence-electron chi connectivity index (χ1n) is 5.84. The summed E-state index contributed by atoms with van der Waals surface area (Å²) in [6.45, 7) is 10.9. The third-order valence-corrected chi connectivity index (χ3v) is 3.84. The smallest absolute Gasteiger partial charge is 0.0893 e. The molecule has 0 N–H and O–H groups in total. The molecule has 82 valence electrons. The van der Waals surface area contributed by atoms with E-state index in [0.717, 1.165) is 13.2 Å².